The number of pyridine rings is 1. The first-order chi connectivity index (χ1) is 7.54. The quantitative estimate of drug-likeness (QED) is 0.861. The van der Waals surface area contributed by atoms with Gasteiger partial charge in [0, 0.05) is 12.4 Å². The molecule has 0 unspecified atom stereocenters. The summed E-state index contributed by atoms with van der Waals surface area (Å²) in [6, 6.07) is 3.43. The van der Waals surface area contributed by atoms with E-state index in [1.807, 2.05) is 27.0 Å². The third kappa shape index (κ3) is 1.67. The maximum atomic E-state index is 13.5. The number of benzene rings is 1. The predicted octanol–water partition coefficient (Wildman–Crippen LogP) is 3.79. The molecular weight excluding hydrogens is 271 g/mol. The van der Waals surface area contributed by atoms with E-state index in [2.05, 4.69) is 26.2 Å². The third-order valence-electron chi connectivity index (χ3n) is 2.61. The minimum Gasteiger partial charge on any atom is -0.373 e. The average molecular weight is 283 g/mol. The Labute approximate surface area is 102 Å². The van der Waals surface area contributed by atoms with Crippen molar-refractivity contribution in [2.75, 3.05) is 12.4 Å². The summed E-state index contributed by atoms with van der Waals surface area (Å²) in [6.45, 7) is 3.81. The molecule has 2 nitrogen and oxygen atoms in total. The van der Waals surface area contributed by atoms with E-state index in [4.69, 9.17) is 0 Å². The van der Waals surface area contributed by atoms with Crippen molar-refractivity contribution in [3.05, 3.63) is 33.5 Å². The number of nitrogens with zero attached hydrogens (tertiary/aromatic N) is 1. The van der Waals surface area contributed by atoms with E-state index in [0.717, 1.165) is 27.8 Å². The van der Waals surface area contributed by atoms with Gasteiger partial charge in [0.1, 0.15) is 11.6 Å². The first-order valence-corrected chi connectivity index (χ1v) is 5.77. The molecule has 0 fully saturated rings. The number of aryl methyl sites for hydroxylation is 2. The molecule has 4 heteroatoms. The van der Waals surface area contributed by atoms with Gasteiger partial charge in [0.25, 0.3) is 0 Å². The van der Waals surface area contributed by atoms with Crippen molar-refractivity contribution in [3.8, 4) is 0 Å². The summed E-state index contributed by atoms with van der Waals surface area (Å²) < 4.78 is 14.0. The lowest BCUT2D eigenvalue weighted by molar-refractivity contribution is 0.622. The zero-order chi connectivity index (χ0) is 11.9. The minimum atomic E-state index is -0.247. The van der Waals surface area contributed by atoms with Gasteiger partial charge in [0.05, 0.1) is 9.99 Å². The van der Waals surface area contributed by atoms with Crippen LogP contribution in [0.1, 0.15) is 11.1 Å². The lowest BCUT2D eigenvalue weighted by Crippen LogP contribution is -1.98. The Balaban J connectivity index is 2.90. The second kappa shape index (κ2) is 4.01. The summed E-state index contributed by atoms with van der Waals surface area (Å²) in [6.07, 6.45) is 0. The van der Waals surface area contributed by atoms with Crippen LogP contribution in [0.2, 0.25) is 0 Å². The van der Waals surface area contributed by atoms with Crippen LogP contribution in [-0.4, -0.2) is 12.0 Å². The van der Waals surface area contributed by atoms with E-state index in [-0.39, 0.29) is 5.82 Å². The number of anilines is 1. The van der Waals surface area contributed by atoms with Crippen LogP contribution < -0.4 is 5.32 Å². The molecular formula is C12H12BrFN2. The summed E-state index contributed by atoms with van der Waals surface area (Å²) in [7, 11) is 1.83. The lowest BCUT2D eigenvalue weighted by Gasteiger charge is -2.10. The number of rotatable bonds is 1. The van der Waals surface area contributed by atoms with E-state index in [1.54, 1.807) is 0 Å². The highest BCUT2D eigenvalue weighted by atomic mass is 79.9. The van der Waals surface area contributed by atoms with E-state index < -0.39 is 0 Å². The van der Waals surface area contributed by atoms with E-state index in [1.165, 1.54) is 6.07 Å². The molecule has 0 aliphatic carbocycles. The third-order valence-corrected chi connectivity index (χ3v) is 3.42. The fourth-order valence-corrected chi connectivity index (χ4v) is 2.20. The van der Waals surface area contributed by atoms with Crippen molar-refractivity contribution in [3.63, 3.8) is 0 Å². The van der Waals surface area contributed by atoms with Crippen molar-refractivity contribution >= 4 is 32.7 Å². The van der Waals surface area contributed by atoms with Crippen LogP contribution in [-0.2, 0) is 0 Å². The van der Waals surface area contributed by atoms with Crippen LogP contribution in [0, 0.1) is 19.7 Å². The molecule has 0 saturated heterocycles. The largest absolute Gasteiger partial charge is 0.373 e. The van der Waals surface area contributed by atoms with E-state index in [9.17, 15) is 4.39 Å². The monoisotopic (exact) mass is 282 g/mol. The van der Waals surface area contributed by atoms with Crippen molar-refractivity contribution in [1.82, 2.24) is 4.98 Å². The molecule has 2 rings (SSSR count). The molecule has 1 heterocycles. The van der Waals surface area contributed by atoms with Gasteiger partial charge >= 0.3 is 0 Å². The molecule has 0 aliphatic heterocycles. The second-order valence-corrected chi connectivity index (χ2v) is 4.58. The highest BCUT2D eigenvalue weighted by Gasteiger charge is 2.11. The van der Waals surface area contributed by atoms with Gasteiger partial charge in [0.15, 0.2) is 0 Å². The Morgan fingerprint density at radius 2 is 1.94 bits per heavy atom. The SMILES string of the molecule is CNc1nc2c(C)cc(F)c(Br)c2cc1C. The number of nitrogens with one attached hydrogen (secondary N) is 1. The zero-order valence-electron chi connectivity index (χ0n) is 9.36. The van der Waals surface area contributed by atoms with Crippen molar-refractivity contribution in [2.24, 2.45) is 0 Å². The first kappa shape index (κ1) is 11.3. The van der Waals surface area contributed by atoms with Crippen LogP contribution >= 0.6 is 15.9 Å². The number of hydrogen-bond acceptors (Lipinski definition) is 2. The van der Waals surface area contributed by atoms with Gasteiger partial charge in [0.2, 0.25) is 0 Å². The predicted molar refractivity (Wildman–Crippen MR) is 68.4 cm³/mol. The van der Waals surface area contributed by atoms with Crippen molar-refractivity contribution in [2.45, 2.75) is 13.8 Å². The fraction of sp³-hybridized carbons (Fsp3) is 0.250. The number of aromatic nitrogens is 1. The Hall–Kier alpha value is -1.16. The molecule has 0 atom stereocenters. The van der Waals surface area contributed by atoms with Crippen LogP contribution in [0.25, 0.3) is 10.9 Å². The molecule has 0 radical (unpaired) electrons. The standard InChI is InChI=1S/C12H12BrFN2/c1-6-5-9(14)10(13)8-4-7(2)12(15-3)16-11(6)8/h4-5H,1-3H3,(H,15,16). The maximum Gasteiger partial charge on any atom is 0.138 e. The molecule has 1 N–H and O–H groups in total. The van der Waals surface area contributed by atoms with Gasteiger partial charge in [-0.3, -0.25) is 0 Å². The van der Waals surface area contributed by atoms with Crippen LogP contribution in [0.4, 0.5) is 10.2 Å². The molecule has 84 valence electrons. The first-order valence-electron chi connectivity index (χ1n) is 4.98. The molecule has 0 saturated carbocycles. The zero-order valence-corrected chi connectivity index (χ0v) is 10.9. The van der Waals surface area contributed by atoms with Gasteiger partial charge in [-0.15, -0.1) is 0 Å². The normalized spacial score (nSPS) is 10.8. The van der Waals surface area contributed by atoms with Crippen LogP contribution in [0.15, 0.2) is 16.6 Å². The molecule has 0 bridgehead atoms. The van der Waals surface area contributed by atoms with E-state index >= 15 is 0 Å². The molecule has 2 aromatic rings. The maximum absolute atomic E-state index is 13.5. The second-order valence-electron chi connectivity index (χ2n) is 3.79. The van der Waals surface area contributed by atoms with Crippen LogP contribution in [0.5, 0.6) is 0 Å². The fourth-order valence-electron chi connectivity index (χ4n) is 1.78. The van der Waals surface area contributed by atoms with Crippen molar-refractivity contribution in [1.29, 1.82) is 0 Å². The number of halogens is 2. The summed E-state index contributed by atoms with van der Waals surface area (Å²) in [5, 5.41) is 3.84. The summed E-state index contributed by atoms with van der Waals surface area (Å²) in [5.41, 5.74) is 2.66. The van der Waals surface area contributed by atoms with Gasteiger partial charge in [-0.1, -0.05) is 0 Å². The molecule has 0 aliphatic rings. The van der Waals surface area contributed by atoms with Gasteiger partial charge < -0.3 is 5.32 Å². The smallest absolute Gasteiger partial charge is 0.138 e. The Kier molecular flexibility index (Phi) is 2.84. The number of fused-ring (bicyclic) bond motifs is 1. The molecule has 1 aromatic carbocycles. The summed E-state index contributed by atoms with van der Waals surface area (Å²) in [4.78, 5) is 4.49. The summed E-state index contributed by atoms with van der Waals surface area (Å²) in [5.74, 6) is 0.581. The average Bonchev–Trinajstić information content (AvgIpc) is 2.25. The minimum absolute atomic E-state index is 0.247. The van der Waals surface area contributed by atoms with Gasteiger partial charge in [-0.25, -0.2) is 9.37 Å². The highest BCUT2D eigenvalue weighted by Crippen LogP contribution is 2.30. The highest BCUT2D eigenvalue weighted by molar-refractivity contribution is 9.10. The molecule has 1 aromatic heterocycles. The van der Waals surface area contributed by atoms with Crippen molar-refractivity contribution < 1.29 is 4.39 Å². The Morgan fingerprint density at radius 3 is 2.56 bits per heavy atom. The molecule has 16 heavy (non-hydrogen) atoms. The van der Waals surface area contributed by atoms with Gasteiger partial charge in [-0.2, -0.15) is 0 Å². The summed E-state index contributed by atoms with van der Waals surface area (Å²) >= 11 is 3.26. The van der Waals surface area contributed by atoms with Crippen LogP contribution in [0.3, 0.4) is 0 Å². The van der Waals surface area contributed by atoms with E-state index in [0.29, 0.717) is 4.47 Å². The Bertz CT molecular complexity index is 567. The van der Waals surface area contributed by atoms with Gasteiger partial charge in [-0.05, 0) is 53.0 Å². The molecule has 0 spiro atoms. The Morgan fingerprint density at radius 1 is 1.25 bits per heavy atom. The molecule has 0 amide bonds. The topological polar surface area (TPSA) is 24.9 Å². The number of hydrogen-bond donors (Lipinski definition) is 1. The lowest BCUT2D eigenvalue weighted by atomic mass is 10.1.